The van der Waals surface area contributed by atoms with E-state index in [-0.39, 0.29) is 23.2 Å². The van der Waals surface area contributed by atoms with Crippen LogP contribution in [0.1, 0.15) is 25.7 Å². The summed E-state index contributed by atoms with van der Waals surface area (Å²) in [7, 11) is 0. The molecule has 3 heterocycles. The van der Waals surface area contributed by atoms with E-state index in [1.54, 1.807) is 29.7 Å². The molecule has 7 nitrogen and oxygen atoms in total. The van der Waals surface area contributed by atoms with Crippen molar-refractivity contribution in [1.29, 1.82) is 0 Å². The number of amides is 1. The van der Waals surface area contributed by atoms with Gasteiger partial charge in [0, 0.05) is 42.2 Å². The fraction of sp³-hybridized carbons (Fsp3) is 0.429. The minimum atomic E-state index is -0.269. The highest BCUT2D eigenvalue weighted by Gasteiger charge is 2.44. The Hall–Kier alpha value is -2.81. The molecule has 2 aliphatic rings. The van der Waals surface area contributed by atoms with Crippen molar-refractivity contribution in [3.8, 4) is 11.3 Å². The van der Waals surface area contributed by atoms with Crippen LogP contribution in [0.4, 0.5) is 9.52 Å². The number of anilines is 1. The van der Waals surface area contributed by atoms with Crippen LogP contribution >= 0.6 is 11.3 Å². The Morgan fingerprint density at radius 3 is 2.87 bits per heavy atom. The van der Waals surface area contributed by atoms with E-state index >= 15 is 0 Å². The molecule has 3 aromatic rings. The van der Waals surface area contributed by atoms with E-state index in [4.69, 9.17) is 0 Å². The Morgan fingerprint density at radius 1 is 1.30 bits per heavy atom. The number of hydrogen-bond acceptors (Lipinski definition) is 6. The van der Waals surface area contributed by atoms with Gasteiger partial charge >= 0.3 is 0 Å². The molecule has 5 rings (SSSR count). The summed E-state index contributed by atoms with van der Waals surface area (Å²) in [4.78, 5) is 19.3. The van der Waals surface area contributed by atoms with Crippen LogP contribution in [0, 0.1) is 11.2 Å². The van der Waals surface area contributed by atoms with Gasteiger partial charge in [-0.2, -0.15) is 0 Å². The zero-order valence-electron chi connectivity index (χ0n) is 16.5. The van der Waals surface area contributed by atoms with Crippen LogP contribution in [0.2, 0.25) is 0 Å². The minimum Gasteiger partial charge on any atom is -0.354 e. The highest BCUT2D eigenvalue weighted by Crippen LogP contribution is 2.46. The molecule has 2 fully saturated rings. The van der Waals surface area contributed by atoms with Crippen LogP contribution in [0.3, 0.4) is 0 Å². The van der Waals surface area contributed by atoms with Crippen molar-refractivity contribution in [3.05, 3.63) is 47.9 Å². The lowest BCUT2D eigenvalue weighted by molar-refractivity contribution is -0.122. The van der Waals surface area contributed by atoms with Gasteiger partial charge in [0.15, 0.2) is 5.13 Å². The third-order valence-electron chi connectivity index (χ3n) is 5.99. The quantitative estimate of drug-likeness (QED) is 0.628. The van der Waals surface area contributed by atoms with Crippen LogP contribution in [-0.2, 0) is 11.3 Å². The Bertz CT molecular complexity index is 1010. The SMILES string of the molecule is O=C(NCC1(Cn2cc(-c3ccc(F)cc3)nn2)CC1)C1CCCN1c1nccs1. The van der Waals surface area contributed by atoms with Crippen LogP contribution in [0.5, 0.6) is 0 Å². The molecule has 1 amide bonds. The van der Waals surface area contributed by atoms with Crippen molar-refractivity contribution in [2.45, 2.75) is 38.3 Å². The second kappa shape index (κ2) is 7.79. The first-order valence-corrected chi connectivity index (χ1v) is 11.1. The second-order valence-electron chi connectivity index (χ2n) is 8.19. The number of hydrogen-bond donors (Lipinski definition) is 1. The average molecular weight is 427 g/mol. The van der Waals surface area contributed by atoms with Crippen LogP contribution in [-0.4, -0.2) is 45.0 Å². The van der Waals surface area contributed by atoms with Gasteiger partial charge in [0.2, 0.25) is 5.91 Å². The number of carbonyl (C=O) groups is 1. The summed E-state index contributed by atoms with van der Waals surface area (Å²) in [5.74, 6) is -0.186. The standard InChI is InChI=1S/C21H23FN6OS/c22-16-5-3-15(4-6-16)17-12-27(26-25-17)14-21(7-8-21)13-24-19(29)18-2-1-10-28(18)20-23-9-11-30-20/h3-6,9,11-12,18H,1-2,7-8,10,13-14H2,(H,24,29). The highest BCUT2D eigenvalue weighted by atomic mass is 32.1. The van der Waals surface area contributed by atoms with Crippen molar-refractivity contribution >= 4 is 22.4 Å². The number of benzene rings is 1. The highest BCUT2D eigenvalue weighted by molar-refractivity contribution is 7.13. The molecule has 0 radical (unpaired) electrons. The van der Waals surface area contributed by atoms with Crippen LogP contribution < -0.4 is 10.2 Å². The molecular formula is C21H23FN6OS. The van der Waals surface area contributed by atoms with E-state index in [2.05, 4.69) is 25.5 Å². The zero-order chi connectivity index (χ0) is 20.6. The van der Waals surface area contributed by atoms with Gasteiger partial charge in [0.05, 0.1) is 6.20 Å². The summed E-state index contributed by atoms with van der Waals surface area (Å²) in [5.41, 5.74) is 1.60. The van der Waals surface area contributed by atoms with E-state index in [0.717, 1.165) is 48.6 Å². The summed E-state index contributed by atoms with van der Waals surface area (Å²) in [6.07, 6.45) is 7.65. The largest absolute Gasteiger partial charge is 0.354 e. The maximum Gasteiger partial charge on any atom is 0.242 e. The number of rotatable bonds is 7. The van der Waals surface area contributed by atoms with Crippen molar-refractivity contribution in [2.24, 2.45) is 5.41 Å². The minimum absolute atomic E-state index is 0.0358. The molecule has 0 spiro atoms. The van der Waals surface area contributed by atoms with E-state index in [0.29, 0.717) is 13.1 Å². The Labute approximate surface area is 177 Å². The molecule has 156 valence electrons. The van der Waals surface area contributed by atoms with Gasteiger partial charge in [-0.15, -0.1) is 16.4 Å². The predicted octanol–water partition coefficient (Wildman–Crippen LogP) is 3.11. The van der Waals surface area contributed by atoms with Gasteiger partial charge < -0.3 is 10.2 Å². The maximum absolute atomic E-state index is 13.1. The fourth-order valence-electron chi connectivity index (χ4n) is 4.06. The Morgan fingerprint density at radius 2 is 2.13 bits per heavy atom. The first kappa shape index (κ1) is 19.2. The van der Waals surface area contributed by atoms with Gasteiger partial charge in [0.1, 0.15) is 17.6 Å². The van der Waals surface area contributed by atoms with Crippen LogP contribution in [0.15, 0.2) is 42.0 Å². The molecule has 1 atom stereocenters. The zero-order valence-corrected chi connectivity index (χ0v) is 17.3. The smallest absolute Gasteiger partial charge is 0.242 e. The molecule has 2 aromatic heterocycles. The third kappa shape index (κ3) is 3.94. The molecule has 1 saturated heterocycles. The summed E-state index contributed by atoms with van der Waals surface area (Å²) >= 11 is 1.58. The van der Waals surface area contributed by atoms with Crippen molar-refractivity contribution < 1.29 is 9.18 Å². The monoisotopic (exact) mass is 426 g/mol. The number of thiazole rings is 1. The predicted molar refractivity (Wildman–Crippen MR) is 113 cm³/mol. The van der Waals surface area contributed by atoms with Gasteiger partial charge in [-0.3, -0.25) is 9.48 Å². The maximum atomic E-state index is 13.1. The number of nitrogens with one attached hydrogen (secondary N) is 1. The second-order valence-corrected chi connectivity index (χ2v) is 9.07. The summed E-state index contributed by atoms with van der Waals surface area (Å²) in [6.45, 7) is 2.23. The molecule has 1 N–H and O–H groups in total. The average Bonchev–Trinajstić information content (AvgIpc) is 3.22. The number of aromatic nitrogens is 4. The van der Waals surface area contributed by atoms with Crippen LogP contribution in [0.25, 0.3) is 11.3 Å². The molecule has 1 saturated carbocycles. The molecule has 1 aliphatic carbocycles. The summed E-state index contributed by atoms with van der Waals surface area (Å²) in [5, 5.41) is 14.5. The topological polar surface area (TPSA) is 75.9 Å². The molecule has 1 aromatic carbocycles. The van der Waals surface area contributed by atoms with E-state index < -0.39 is 0 Å². The molecule has 1 unspecified atom stereocenters. The molecule has 0 bridgehead atoms. The fourth-order valence-corrected chi connectivity index (χ4v) is 4.78. The Balaban J connectivity index is 1.19. The lowest BCUT2D eigenvalue weighted by Gasteiger charge is -2.24. The molecule has 30 heavy (non-hydrogen) atoms. The third-order valence-corrected chi connectivity index (χ3v) is 6.80. The number of nitrogens with zero attached hydrogens (tertiary/aromatic N) is 5. The first-order valence-electron chi connectivity index (χ1n) is 10.2. The first-order chi connectivity index (χ1) is 14.6. The van der Waals surface area contributed by atoms with E-state index in [9.17, 15) is 9.18 Å². The molecular weight excluding hydrogens is 403 g/mol. The van der Waals surface area contributed by atoms with Gasteiger partial charge in [0.25, 0.3) is 0 Å². The van der Waals surface area contributed by atoms with Gasteiger partial charge in [-0.1, -0.05) is 5.21 Å². The number of halogens is 1. The van der Waals surface area contributed by atoms with Gasteiger partial charge in [-0.25, -0.2) is 9.37 Å². The molecule has 1 aliphatic heterocycles. The van der Waals surface area contributed by atoms with E-state index in [1.807, 2.05) is 16.3 Å². The van der Waals surface area contributed by atoms with E-state index in [1.165, 1.54) is 12.1 Å². The normalized spacial score (nSPS) is 19.8. The van der Waals surface area contributed by atoms with Crippen molar-refractivity contribution in [3.63, 3.8) is 0 Å². The van der Waals surface area contributed by atoms with Crippen molar-refractivity contribution in [2.75, 3.05) is 18.0 Å². The summed E-state index contributed by atoms with van der Waals surface area (Å²) < 4.78 is 15.0. The summed E-state index contributed by atoms with van der Waals surface area (Å²) in [6, 6.07) is 6.11. The lowest BCUT2D eigenvalue weighted by atomic mass is 10.1. The number of carbonyl (C=O) groups excluding carboxylic acids is 1. The Kier molecular flexibility index (Phi) is 4.98. The van der Waals surface area contributed by atoms with Gasteiger partial charge in [-0.05, 0) is 49.9 Å². The molecule has 9 heteroatoms. The van der Waals surface area contributed by atoms with Crippen molar-refractivity contribution in [1.82, 2.24) is 25.3 Å². The lowest BCUT2D eigenvalue weighted by Crippen LogP contribution is -2.45.